The average Bonchev–Trinajstić information content (AvgIpc) is 2.94. The molecule has 0 aromatic carbocycles. The zero-order valence-corrected chi connectivity index (χ0v) is 15.9. The summed E-state index contributed by atoms with van der Waals surface area (Å²) in [7, 11) is 1.79. The lowest BCUT2D eigenvalue weighted by Gasteiger charge is -2.43. The van der Waals surface area contributed by atoms with E-state index in [-0.39, 0.29) is 17.9 Å². The fourth-order valence-electron chi connectivity index (χ4n) is 4.36. The molecule has 8 heteroatoms. The van der Waals surface area contributed by atoms with Crippen LogP contribution in [0, 0.1) is 11.3 Å². The summed E-state index contributed by atoms with van der Waals surface area (Å²) >= 11 is 1.33. The van der Waals surface area contributed by atoms with Crippen LogP contribution in [-0.2, 0) is 16.6 Å². The van der Waals surface area contributed by atoms with Crippen molar-refractivity contribution < 1.29 is 14.4 Å². The molecular weight excluding hydrogens is 340 g/mol. The Morgan fingerprint density at radius 1 is 1.40 bits per heavy atom. The number of urea groups is 1. The van der Waals surface area contributed by atoms with Crippen molar-refractivity contribution in [1.82, 2.24) is 14.8 Å². The highest BCUT2D eigenvalue weighted by molar-refractivity contribution is 7.07. The van der Waals surface area contributed by atoms with E-state index in [1.165, 1.54) is 11.3 Å². The average molecular weight is 364 g/mol. The molecule has 2 atom stereocenters. The molecule has 1 aliphatic carbocycles. The number of imide groups is 1. The molecule has 1 aliphatic heterocycles. The molecule has 2 fully saturated rings. The largest absolute Gasteiger partial charge is 0.327 e. The van der Waals surface area contributed by atoms with E-state index in [0.717, 1.165) is 11.3 Å². The number of thiazole rings is 1. The lowest BCUT2D eigenvalue weighted by molar-refractivity contribution is -0.137. The van der Waals surface area contributed by atoms with Crippen LogP contribution >= 0.6 is 11.3 Å². The van der Waals surface area contributed by atoms with Gasteiger partial charge in [0.05, 0.1) is 0 Å². The predicted molar refractivity (Wildman–Crippen MR) is 93.6 cm³/mol. The molecule has 1 aromatic rings. The molecule has 0 unspecified atom stereocenters. The molecule has 1 spiro atoms. The molecule has 7 nitrogen and oxygen atoms in total. The summed E-state index contributed by atoms with van der Waals surface area (Å²) in [6.45, 7) is 6.01. The Morgan fingerprint density at radius 2 is 2.12 bits per heavy atom. The monoisotopic (exact) mass is 364 g/mol. The fourth-order valence-corrected chi connectivity index (χ4v) is 5.11. The summed E-state index contributed by atoms with van der Waals surface area (Å²) in [4.78, 5) is 43.1. The third-order valence-electron chi connectivity index (χ3n) is 4.90. The minimum absolute atomic E-state index is 0.0320. The van der Waals surface area contributed by atoms with Crippen molar-refractivity contribution in [2.24, 2.45) is 23.4 Å². The first kappa shape index (κ1) is 17.8. The van der Waals surface area contributed by atoms with E-state index < -0.39 is 17.5 Å². The summed E-state index contributed by atoms with van der Waals surface area (Å²) in [5, 5.41) is 4.69. The molecule has 1 N–H and O–H groups in total. The number of carbonyl (C=O) groups excluding carboxylic acids is 3. The molecule has 4 amide bonds. The Kier molecular flexibility index (Phi) is 4.35. The SMILES string of the molecule is C[C@@H]1CC(C)(C)C[C@@]2(C1)NC(=O)N(CC(=O)N=c1sccn1C)C2=O. The van der Waals surface area contributed by atoms with Crippen LogP contribution in [0.15, 0.2) is 16.6 Å². The molecule has 0 bridgehead atoms. The quantitative estimate of drug-likeness (QED) is 0.810. The molecule has 0 radical (unpaired) electrons. The Hall–Kier alpha value is -1.96. The van der Waals surface area contributed by atoms with Crippen LogP contribution in [0.5, 0.6) is 0 Å². The first-order valence-corrected chi connectivity index (χ1v) is 9.32. The minimum atomic E-state index is -0.883. The van der Waals surface area contributed by atoms with Gasteiger partial charge in [-0.3, -0.25) is 14.5 Å². The number of aryl methyl sites for hydroxylation is 1. The van der Waals surface area contributed by atoms with E-state index in [0.29, 0.717) is 23.6 Å². The Labute approximate surface area is 150 Å². The highest BCUT2D eigenvalue weighted by atomic mass is 32.1. The van der Waals surface area contributed by atoms with E-state index in [4.69, 9.17) is 0 Å². The number of hydrogen-bond donors (Lipinski definition) is 1. The van der Waals surface area contributed by atoms with Crippen LogP contribution in [0.1, 0.15) is 40.0 Å². The Bertz CT molecular complexity index is 794. The van der Waals surface area contributed by atoms with Gasteiger partial charge in [-0.25, -0.2) is 4.79 Å². The van der Waals surface area contributed by atoms with E-state index in [1.807, 2.05) is 5.38 Å². The predicted octanol–water partition coefficient (Wildman–Crippen LogP) is 1.65. The molecular formula is C17H24N4O3S. The standard InChI is InChI=1S/C17H24N4O3S/c1-11-7-16(2,3)10-17(8-11)13(23)21(14(24)19-17)9-12(22)18-15-20(4)5-6-25-15/h5-6,11H,7-10H2,1-4H3,(H,19,24)/t11-,17-/m1/s1. The second-order valence-corrected chi connectivity index (χ2v) is 8.93. The number of hydrogen-bond acceptors (Lipinski definition) is 4. The second kappa shape index (κ2) is 6.09. The number of amides is 4. The third kappa shape index (κ3) is 3.40. The highest BCUT2D eigenvalue weighted by Crippen LogP contribution is 2.46. The maximum absolute atomic E-state index is 13.0. The number of nitrogens with zero attached hydrogens (tertiary/aromatic N) is 3. The molecule has 136 valence electrons. The number of aromatic nitrogens is 1. The van der Waals surface area contributed by atoms with E-state index in [9.17, 15) is 14.4 Å². The third-order valence-corrected chi connectivity index (χ3v) is 5.75. The maximum Gasteiger partial charge on any atom is 0.325 e. The van der Waals surface area contributed by atoms with Crippen LogP contribution in [0.2, 0.25) is 0 Å². The number of nitrogens with one attached hydrogen (secondary N) is 1. The normalized spacial score (nSPS) is 29.4. The smallest absolute Gasteiger partial charge is 0.325 e. The van der Waals surface area contributed by atoms with Gasteiger partial charge in [-0.1, -0.05) is 20.8 Å². The van der Waals surface area contributed by atoms with Crippen LogP contribution in [-0.4, -0.2) is 39.4 Å². The Morgan fingerprint density at radius 3 is 2.72 bits per heavy atom. The summed E-state index contributed by atoms with van der Waals surface area (Å²) in [5.41, 5.74) is -0.915. The topological polar surface area (TPSA) is 83.8 Å². The lowest BCUT2D eigenvalue weighted by atomic mass is 9.64. The maximum atomic E-state index is 13.0. The molecule has 2 heterocycles. The van der Waals surface area contributed by atoms with Gasteiger partial charge < -0.3 is 9.88 Å². The van der Waals surface area contributed by atoms with Gasteiger partial charge in [-0.15, -0.1) is 11.3 Å². The molecule has 2 aliphatic rings. The van der Waals surface area contributed by atoms with Gasteiger partial charge in [0.15, 0.2) is 4.80 Å². The van der Waals surface area contributed by atoms with Crippen LogP contribution < -0.4 is 10.1 Å². The van der Waals surface area contributed by atoms with E-state index in [2.05, 4.69) is 31.1 Å². The fraction of sp³-hybridized carbons (Fsp3) is 0.647. The van der Waals surface area contributed by atoms with Crippen molar-refractivity contribution in [2.75, 3.05) is 6.54 Å². The zero-order valence-electron chi connectivity index (χ0n) is 15.0. The molecule has 1 aromatic heterocycles. The van der Waals surface area contributed by atoms with Gasteiger partial charge >= 0.3 is 6.03 Å². The molecule has 1 saturated heterocycles. The Balaban J connectivity index is 1.80. The van der Waals surface area contributed by atoms with Crippen molar-refractivity contribution in [3.63, 3.8) is 0 Å². The van der Waals surface area contributed by atoms with Gasteiger partial charge in [0.25, 0.3) is 11.8 Å². The molecule has 25 heavy (non-hydrogen) atoms. The molecule has 1 saturated carbocycles. The van der Waals surface area contributed by atoms with Crippen molar-refractivity contribution >= 4 is 29.2 Å². The van der Waals surface area contributed by atoms with Crippen molar-refractivity contribution in [1.29, 1.82) is 0 Å². The van der Waals surface area contributed by atoms with Crippen LogP contribution in [0.4, 0.5) is 4.79 Å². The van der Waals surface area contributed by atoms with Gasteiger partial charge in [-0.2, -0.15) is 4.99 Å². The van der Waals surface area contributed by atoms with Gasteiger partial charge in [-0.05, 0) is 30.6 Å². The molecule has 3 rings (SSSR count). The lowest BCUT2D eigenvalue weighted by Crippen LogP contribution is -2.54. The van der Waals surface area contributed by atoms with Gasteiger partial charge in [0.2, 0.25) is 0 Å². The van der Waals surface area contributed by atoms with Gasteiger partial charge in [0.1, 0.15) is 12.1 Å². The number of rotatable bonds is 2. The first-order valence-electron chi connectivity index (χ1n) is 8.44. The second-order valence-electron chi connectivity index (χ2n) is 8.06. The van der Waals surface area contributed by atoms with Gasteiger partial charge in [0, 0.05) is 18.6 Å². The summed E-state index contributed by atoms with van der Waals surface area (Å²) in [6.07, 6.45) is 4.02. The van der Waals surface area contributed by atoms with Crippen molar-refractivity contribution in [3.05, 3.63) is 16.4 Å². The van der Waals surface area contributed by atoms with Crippen LogP contribution in [0.3, 0.4) is 0 Å². The highest BCUT2D eigenvalue weighted by Gasteiger charge is 2.56. The summed E-state index contributed by atoms with van der Waals surface area (Å²) in [6, 6.07) is -0.492. The first-order chi connectivity index (χ1) is 11.6. The van der Waals surface area contributed by atoms with E-state index in [1.54, 1.807) is 17.8 Å². The minimum Gasteiger partial charge on any atom is -0.327 e. The van der Waals surface area contributed by atoms with Crippen molar-refractivity contribution in [2.45, 2.75) is 45.6 Å². The summed E-state index contributed by atoms with van der Waals surface area (Å²) in [5.74, 6) is -0.462. The van der Waals surface area contributed by atoms with Crippen molar-refractivity contribution in [3.8, 4) is 0 Å². The van der Waals surface area contributed by atoms with Crippen LogP contribution in [0.25, 0.3) is 0 Å². The zero-order chi connectivity index (χ0) is 18.4. The summed E-state index contributed by atoms with van der Waals surface area (Å²) < 4.78 is 1.72. The van der Waals surface area contributed by atoms with E-state index >= 15 is 0 Å². The number of carbonyl (C=O) groups is 3.